The number of para-hydroxylation sites is 2. The predicted octanol–water partition coefficient (Wildman–Crippen LogP) is 3.77. The van der Waals surface area contributed by atoms with E-state index < -0.39 is 0 Å². The fraction of sp³-hybridized carbons (Fsp3) is 0.133. The van der Waals surface area contributed by atoms with Crippen molar-refractivity contribution >= 4 is 41.3 Å². The number of nitrogens with zero attached hydrogens (tertiary/aromatic N) is 2. The van der Waals surface area contributed by atoms with E-state index in [-0.39, 0.29) is 12.4 Å². The van der Waals surface area contributed by atoms with Crippen molar-refractivity contribution in [2.24, 2.45) is 10.7 Å². The van der Waals surface area contributed by atoms with Crippen LogP contribution < -0.4 is 10.6 Å². The Labute approximate surface area is 129 Å². The van der Waals surface area contributed by atoms with Crippen LogP contribution in [0.4, 0.5) is 11.4 Å². The highest BCUT2D eigenvalue weighted by Crippen LogP contribution is 2.29. The summed E-state index contributed by atoms with van der Waals surface area (Å²) in [5.74, 6) is 0.484. The molecule has 0 saturated heterocycles. The molecule has 5 heteroatoms. The number of hydrogen-bond acceptors (Lipinski definition) is 1. The number of nitrogens with two attached hydrogens (primary N) is 1. The van der Waals surface area contributed by atoms with Crippen molar-refractivity contribution in [3.63, 3.8) is 0 Å². The van der Waals surface area contributed by atoms with Gasteiger partial charge in [0, 0.05) is 12.2 Å². The standard InChI is InChI=1S/C15H14ClN3.ClH/c16-12-6-2-3-7-13(12)18-15(17)19-10-9-11-5-1-4-8-14(11)19;/h1-8H,9-10H2,(H2,17,18);1H. The first-order valence-electron chi connectivity index (χ1n) is 6.20. The van der Waals surface area contributed by atoms with E-state index in [1.807, 2.05) is 41.3 Å². The summed E-state index contributed by atoms with van der Waals surface area (Å²) in [4.78, 5) is 6.45. The number of rotatable bonds is 1. The summed E-state index contributed by atoms with van der Waals surface area (Å²) in [5.41, 5.74) is 9.25. The van der Waals surface area contributed by atoms with E-state index in [9.17, 15) is 0 Å². The van der Waals surface area contributed by atoms with E-state index in [2.05, 4.69) is 17.1 Å². The Morgan fingerprint density at radius 3 is 2.60 bits per heavy atom. The lowest BCUT2D eigenvalue weighted by molar-refractivity contribution is 1.01. The van der Waals surface area contributed by atoms with Crippen LogP contribution in [0.1, 0.15) is 5.56 Å². The second-order valence-electron chi connectivity index (χ2n) is 4.45. The largest absolute Gasteiger partial charge is 0.369 e. The fourth-order valence-electron chi connectivity index (χ4n) is 2.30. The van der Waals surface area contributed by atoms with E-state index in [1.165, 1.54) is 5.56 Å². The zero-order chi connectivity index (χ0) is 13.2. The number of benzene rings is 2. The van der Waals surface area contributed by atoms with Gasteiger partial charge in [-0.2, -0.15) is 0 Å². The number of anilines is 1. The molecule has 20 heavy (non-hydrogen) atoms. The minimum atomic E-state index is 0. The van der Waals surface area contributed by atoms with E-state index in [4.69, 9.17) is 17.3 Å². The molecule has 1 aliphatic rings. The third-order valence-corrected chi connectivity index (χ3v) is 3.57. The van der Waals surface area contributed by atoms with Gasteiger partial charge >= 0.3 is 0 Å². The average molecular weight is 308 g/mol. The van der Waals surface area contributed by atoms with Crippen LogP contribution in [0.25, 0.3) is 0 Å². The molecule has 2 aromatic carbocycles. The molecule has 0 bridgehead atoms. The van der Waals surface area contributed by atoms with Crippen LogP contribution in [0.15, 0.2) is 53.5 Å². The van der Waals surface area contributed by atoms with Gasteiger partial charge in [-0.05, 0) is 30.2 Å². The summed E-state index contributed by atoms with van der Waals surface area (Å²) >= 11 is 6.09. The van der Waals surface area contributed by atoms with Crippen LogP contribution in [0, 0.1) is 0 Å². The Morgan fingerprint density at radius 1 is 1.10 bits per heavy atom. The molecule has 0 saturated carbocycles. The summed E-state index contributed by atoms with van der Waals surface area (Å²) in [6.45, 7) is 0.860. The number of halogens is 2. The van der Waals surface area contributed by atoms with Crippen molar-refractivity contribution in [2.75, 3.05) is 11.4 Å². The second kappa shape index (κ2) is 6.16. The zero-order valence-electron chi connectivity index (χ0n) is 10.8. The zero-order valence-corrected chi connectivity index (χ0v) is 12.4. The number of hydrogen-bond donors (Lipinski definition) is 1. The van der Waals surface area contributed by atoms with Gasteiger partial charge in [-0.15, -0.1) is 12.4 Å². The monoisotopic (exact) mass is 307 g/mol. The molecule has 0 spiro atoms. The minimum Gasteiger partial charge on any atom is -0.369 e. The van der Waals surface area contributed by atoms with E-state index >= 15 is 0 Å². The van der Waals surface area contributed by atoms with Crippen molar-refractivity contribution < 1.29 is 0 Å². The Morgan fingerprint density at radius 2 is 1.80 bits per heavy atom. The van der Waals surface area contributed by atoms with Gasteiger partial charge in [0.2, 0.25) is 5.96 Å². The molecule has 0 unspecified atom stereocenters. The summed E-state index contributed by atoms with van der Waals surface area (Å²) in [7, 11) is 0. The Hall–Kier alpha value is -1.71. The van der Waals surface area contributed by atoms with Gasteiger partial charge in [-0.3, -0.25) is 0 Å². The van der Waals surface area contributed by atoms with E-state index in [0.29, 0.717) is 16.7 Å². The smallest absolute Gasteiger partial charge is 0.201 e. The van der Waals surface area contributed by atoms with E-state index in [0.717, 1.165) is 18.7 Å². The molecule has 0 amide bonds. The Bertz CT molecular complexity index is 641. The third-order valence-electron chi connectivity index (χ3n) is 3.25. The highest BCUT2D eigenvalue weighted by molar-refractivity contribution is 6.33. The summed E-state index contributed by atoms with van der Waals surface area (Å²) in [5, 5.41) is 0.609. The molecule has 2 aromatic rings. The quantitative estimate of drug-likeness (QED) is 0.643. The Kier molecular flexibility index (Phi) is 4.53. The summed E-state index contributed by atoms with van der Waals surface area (Å²) < 4.78 is 0. The highest BCUT2D eigenvalue weighted by Gasteiger charge is 2.21. The second-order valence-corrected chi connectivity index (χ2v) is 4.86. The van der Waals surface area contributed by atoms with E-state index in [1.54, 1.807) is 0 Å². The van der Waals surface area contributed by atoms with Crippen molar-refractivity contribution in [3.8, 4) is 0 Å². The molecule has 0 radical (unpaired) electrons. The van der Waals surface area contributed by atoms with Crippen LogP contribution >= 0.6 is 24.0 Å². The molecule has 0 aromatic heterocycles. The molecule has 1 heterocycles. The van der Waals surface area contributed by atoms with Gasteiger partial charge in [0.05, 0.1) is 10.7 Å². The SMILES string of the molecule is Cl.NC(=Nc1ccccc1Cl)N1CCc2ccccc21. The molecule has 3 nitrogen and oxygen atoms in total. The molecule has 0 aliphatic carbocycles. The normalized spacial score (nSPS) is 13.8. The van der Waals surface area contributed by atoms with Crippen LogP contribution in [0.3, 0.4) is 0 Å². The summed E-state index contributed by atoms with van der Waals surface area (Å²) in [6, 6.07) is 15.7. The average Bonchev–Trinajstić information content (AvgIpc) is 2.85. The fourth-order valence-corrected chi connectivity index (χ4v) is 2.48. The molecule has 1 aliphatic heterocycles. The lowest BCUT2D eigenvalue weighted by Gasteiger charge is -2.18. The van der Waals surface area contributed by atoms with Crippen LogP contribution in [-0.4, -0.2) is 12.5 Å². The maximum atomic E-state index is 6.11. The molecular weight excluding hydrogens is 293 g/mol. The van der Waals surface area contributed by atoms with Crippen LogP contribution in [0.2, 0.25) is 5.02 Å². The first-order valence-corrected chi connectivity index (χ1v) is 6.57. The van der Waals surface area contributed by atoms with Crippen LogP contribution in [-0.2, 0) is 6.42 Å². The maximum Gasteiger partial charge on any atom is 0.201 e. The third kappa shape index (κ3) is 2.74. The van der Waals surface area contributed by atoms with Gasteiger partial charge in [-0.1, -0.05) is 41.9 Å². The maximum absolute atomic E-state index is 6.11. The van der Waals surface area contributed by atoms with Crippen molar-refractivity contribution in [1.29, 1.82) is 0 Å². The minimum absolute atomic E-state index is 0. The van der Waals surface area contributed by atoms with Crippen molar-refractivity contribution in [2.45, 2.75) is 6.42 Å². The molecular formula is C15H15Cl2N3. The lowest BCUT2D eigenvalue weighted by Crippen LogP contribution is -2.35. The van der Waals surface area contributed by atoms with Gasteiger partial charge < -0.3 is 10.6 Å². The first-order chi connectivity index (χ1) is 9.25. The van der Waals surface area contributed by atoms with Gasteiger partial charge in [0.15, 0.2) is 0 Å². The molecule has 0 atom stereocenters. The van der Waals surface area contributed by atoms with Crippen molar-refractivity contribution in [3.05, 3.63) is 59.1 Å². The lowest BCUT2D eigenvalue weighted by atomic mass is 10.2. The van der Waals surface area contributed by atoms with Gasteiger partial charge in [-0.25, -0.2) is 4.99 Å². The summed E-state index contributed by atoms with van der Waals surface area (Å²) in [6.07, 6.45) is 0.995. The van der Waals surface area contributed by atoms with Crippen molar-refractivity contribution in [1.82, 2.24) is 0 Å². The topological polar surface area (TPSA) is 41.6 Å². The molecule has 3 rings (SSSR count). The molecule has 2 N–H and O–H groups in total. The molecule has 104 valence electrons. The Balaban J connectivity index is 0.00000147. The number of aliphatic imine (C=N–C) groups is 1. The van der Waals surface area contributed by atoms with Gasteiger partial charge in [0.25, 0.3) is 0 Å². The van der Waals surface area contributed by atoms with Crippen LogP contribution in [0.5, 0.6) is 0 Å². The van der Waals surface area contributed by atoms with Gasteiger partial charge in [0.1, 0.15) is 0 Å². The molecule has 0 fully saturated rings. The highest BCUT2D eigenvalue weighted by atomic mass is 35.5. The number of fused-ring (bicyclic) bond motifs is 1. The number of guanidine groups is 1. The predicted molar refractivity (Wildman–Crippen MR) is 87.5 cm³/mol. The first kappa shape index (κ1) is 14.7.